The highest BCUT2D eigenvalue weighted by atomic mass is 16.5. The van der Waals surface area contributed by atoms with Gasteiger partial charge in [-0.3, -0.25) is 4.79 Å². The number of benzene rings is 3. The number of ether oxygens (including phenoxy) is 1. The summed E-state index contributed by atoms with van der Waals surface area (Å²) < 4.78 is 5.37. The summed E-state index contributed by atoms with van der Waals surface area (Å²) in [6.07, 6.45) is 5.27. The first kappa shape index (κ1) is 28.4. The average molecular weight is 511 g/mol. The zero-order chi connectivity index (χ0) is 27.5. The summed E-state index contributed by atoms with van der Waals surface area (Å²) in [4.78, 5) is 22.8. The lowest BCUT2D eigenvalue weighted by molar-refractivity contribution is -0.113. The van der Waals surface area contributed by atoms with Crippen molar-refractivity contribution in [1.82, 2.24) is 4.90 Å². The Morgan fingerprint density at radius 1 is 0.842 bits per heavy atom. The van der Waals surface area contributed by atoms with E-state index in [1.807, 2.05) is 61.3 Å². The van der Waals surface area contributed by atoms with Crippen LogP contribution in [0.15, 0.2) is 88.0 Å². The Morgan fingerprint density at radius 3 is 1.89 bits per heavy atom. The molecule has 6 nitrogen and oxygen atoms in total. The number of amides is 1. The Bertz CT molecular complexity index is 1270. The summed E-state index contributed by atoms with van der Waals surface area (Å²) in [6, 6.07) is 22.0. The minimum atomic E-state index is -0.0524. The summed E-state index contributed by atoms with van der Waals surface area (Å²) in [5, 5.41) is 2.87. The molecule has 6 heteroatoms. The molecule has 1 heterocycles. The SMILES string of the molecule is CC1=C(C(=O)Nc2ccccc2)CCCO1.Cc1ccc(/N=C/N(C)/C=N/c2ccc(C)cc2C)c(C)c1. The Labute approximate surface area is 226 Å². The zero-order valence-corrected chi connectivity index (χ0v) is 23.3. The number of aryl methyl sites for hydroxylation is 4. The number of aliphatic imine (C=N–C) groups is 2. The van der Waals surface area contributed by atoms with Crippen LogP contribution in [-0.2, 0) is 9.53 Å². The van der Waals surface area contributed by atoms with Crippen LogP contribution < -0.4 is 5.32 Å². The van der Waals surface area contributed by atoms with Crippen LogP contribution in [-0.4, -0.2) is 37.1 Å². The van der Waals surface area contributed by atoms with Crippen molar-refractivity contribution < 1.29 is 9.53 Å². The lowest BCUT2D eigenvalue weighted by Crippen LogP contribution is -2.19. The molecule has 0 bridgehead atoms. The fourth-order valence-corrected chi connectivity index (χ4v) is 3.98. The fourth-order valence-electron chi connectivity index (χ4n) is 3.98. The number of carbonyl (C=O) groups excluding carboxylic acids is 1. The third-order valence-electron chi connectivity index (χ3n) is 6.08. The van der Waals surface area contributed by atoms with Crippen LogP contribution in [0.25, 0.3) is 0 Å². The molecule has 0 saturated heterocycles. The summed E-state index contributed by atoms with van der Waals surface area (Å²) in [5.41, 5.74) is 8.40. The van der Waals surface area contributed by atoms with Crippen molar-refractivity contribution in [1.29, 1.82) is 0 Å². The molecule has 3 aromatic carbocycles. The minimum Gasteiger partial charge on any atom is -0.498 e. The molecule has 0 unspecified atom stereocenters. The molecule has 198 valence electrons. The molecule has 1 N–H and O–H groups in total. The molecule has 38 heavy (non-hydrogen) atoms. The second kappa shape index (κ2) is 13.9. The number of para-hydroxylation sites is 1. The molecule has 0 radical (unpaired) electrons. The van der Waals surface area contributed by atoms with E-state index in [-0.39, 0.29) is 5.91 Å². The second-order valence-electron chi connectivity index (χ2n) is 9.54. The summed E-state index contributed by atoms with van der Waals surface area (Å²) in [5.74, 6) is 0.697. The van der Waals surface area contributed by atoms with Crippen LogP contribution in [0.4, 0.5) is 17.1 Å². The lowest BCUT2D eigenvalue weighted by Gasteiger charge is -2.18. The standard InChI is InChI=1S/C19H23N3.C13H15NO2/c1-14-6-8-18(16(3)10-14)20-12-22(5)13-21-19-9-7-15(2)11-17(19)4;1-10-12(8-5-9-16-10)13(15)14-11-6-3-2-4-7-11/h6-13H,1-5H3;2-4,6-7H,5,8-9H2,1H3,(H,14,15)/b20-12+,21-13+;. The molecule has 1 aliphatic heterocycles. The van der Waals surface area contributed by atoms with Gasteiger partial charge >= 0.3 is 0 Å². The van der Waals surface area contributed by atoms with E-state index >= 15 is 0 Å². The predicted molar refractivity (Wildman–Crippen MR) is 159 cm³/mol. The van der Waals surface area contributed by atoms with E-state index in [4.69, 9.17) is 4.74 Å². The number of hydrogen-bond acceptors (Lipinski definition) is 4. The molecule has 0 aliphatic carbocycles. The van der Waals surface area contributed by atoms with Gasteiger partial charge in [-0.2, -0.15) is 0 Å². The van der Waals surface area contributed by atoms with Gasteiger partial charge in [0.15, 0.2) is 0 Å². The number of hydrogen-bond donors (Lipinski definition) is 1. The van der Waals surface area contributed by atoms with Crippen molar-refractivity contribution in [2.75, 3.05) is 19.0 Å². The largest absolute Gasteiger partial charge is 0.498 e. The van der Waals surface area contributed by atoms with Gasteiger partial charge in [-0.1, -0.05) is 53.6 Å². The number of carbonyl (C=O) groups is 1. The lowest BCUT2D eigenvalue weighted by atomic mass is 10.1. The first-order valence-electron chi connectivity index (χ1n) is 12.9. The summed E-state index contributed by atoms with van der Waals surface area (Å²) >= 11 is 0. The molecule has 3 aromatic rings. The van der Waals surface area contributed by atoms with Crippen molar-refractivity contribution in [3.05, 3.63) is 100 Å². The van der Waals surface area contributed by atoms with Gasteiger partial charge < -0.3 is 15.0 Å². The second-order valence-corrected chi connectivity index (χ2v) is 9.54. The number of nitrogens with one attached hydrogen (secondary N) is 1. The highest BCUT2D eigenvalue weighted by molar-refractivity contribution is 6.04. The third-order valence-corrected chi connectivity index (χ3v) is 6.08. The molecule has 4 rings (SSSR count). The average Bonchev–Trinajstić information content (AvgIpc) is 2.89. The molecular weight excluding hydrogens is 472 g/mol. The van der Waals surface area contributed by atoms with Crippen LogP contribution in [0.1, 0.15) is 42.0 Å². The Kier molecular flexibility index (Phi) is 10.4. The number of anilines is 1. The normalized spacial score (nSPS) is 13.2. The number of nitrogens with zero attached hydrogens (tertiary/aromatic N) is 3. The quantitative estimate of drug-likeness (QED) is 0.274. The van der Waals surface area contributed by atoms with Crippen molar-refractivity contribution in [2.24, 2.45) is 9.98 Å². The van der Waals surface area contributed by atoms with Gasteiger partial charge in [0.2, 0.25) is 0 Å². The van der Waals surface area contributed by atoms with Gasteiger partial charge in [-0.05, 0) is 82.9 Å². The van der Waals surface area contributed by atoms with E-state index in [9.17, 15) is 4.79 Å². The molecule has 0 saturated carbocycles. The van der Waals surface area contributed by atoms with E-state index < -0.39 is 0 Å². The van der Waals surface area contributed by atoms with Gasteiger partial charge in [-0.25, -0.2) is 9.98 Å². The monoisotopic (exact) mass is 510 g/mol. The van der Waals surface area contributed by atoms with Gasteiger partial charge in [0.05, 0.1) is 36.2 Å². The highest BCUT2D eigenvalue weighted by Gasteiger charge is 2.17. The Hall–Kier alpha value is -4.19. The zero-order valence-electron chi connectivity index (χ0n) is 23.3. The van der Waals surface area contributed by atoms with Gasteiger partial charge in [0, 0.05) is 12.7 Å². The predicted octanol–water partition coefficient (Wildman–Crippen LogP) is 7.58. The third kappa shape index (κ3) is 8.73. The maximum atomic E-state index is 11.9. The van der Waals surface area contributed by atoms with Crippen LogP contribution in [0.2, 0.25) is 0 Å². The molecule has 0 fully saturated rings. The maximum Gasteiger partial charge on any atom is 0.254 e. The molecule has 0 spiro atoms. The molecule has 1 amide bonds. The number of rotatable bonds is 6. The van der Waals surface area contributed by atoms with Gasteiger partial charge in [-0.15, -0.1) is 0 Å². The van der Waals surface area contributed by atoms with Gasteiger partial charge in [0.25, 0.3) is 5.91 Å². The molecule has 0 aromatic heterocycles. The van der Waals surface area contributed by atoms with E-state index in [1.54, 1.807) is 12.7 Å². The van der Waals surface area contributed by atoms with Crippen LogP contribution in [0, 0.1) is 27.7 Å². The molecule has 0 atom stereocenters. The van der Waals surface area contributed by atoms with E-state index in [0.717, 1.165) is 41.2 Å². The summed E-state index contributed by atoms with van der Waals surface area (Å²) in [6.45, 7) is 10.9. The highest BCUT2D eigenvalue weighted by Crippen LogP contribution is 2.21. The van der Waals surface area contributed by atoms with Crippen LogP contribution >= 0.6 is 0 Å². The van der Waals surface area contributed by atoms with E-state index in [0.29, 0.717) is 6.61 Å². The Morgan fingerprint density at radius 2 is 1.39 bits per heavy atom. The molecule has 1 aliphatic rings. The first-order valence-corrected chi connectivity index (χ1v) is 12.9. The molecular formula is C32H38N4O2. The van der Waals surface area contributed by atoms with Crippen molar-refractivity contribution in [3.63, 3.8) is 0 Å². The van der Waals surface area contributed by atoms with E-state index in [1.165, 1.54) is 22.3 Å². The minimum absolute atomic E-state index is 0.0524. The van der Waals surface area contributed by atoms with Crippen molar-refractivity contribution in [2.45, 2.75) is 47.5 Å². The fraction of sp³-hybridized carbons (Fsp3) is 0.281. The van der Waals surface area contributed by atoms with Crippen molar-refractivity contribution in [3.8, 4) is 0 Å². The Balaban J connectivity index is 0.000000221. The maximum absolute atomic E-state index is 11.9. The van der Waals surface area contributed by atoms with E-state index in [2.05, 4.69) is 67.3 Å². The van der Waals surface area contributed by atoms with Crippen LogP contribution in [0.3, 0.4) is 0 Å². The topological polar surface area (TPSA) is 66.3 Å². The van der Waals surface area contributed by atoms with Crippen LogP contribution in [0.5, 0.6) is 0 Å². The number of allylic oxidation sites excluding steroid dienone is 1. The smallest absolute Gasteiger partial charge is 0.254 e. The first-order chi connectivity index (χ1) is 18.2. The van der Waals surface area contributed by atoms with Crippen molar-refractivity contribution >= 4 is 35.6 Å². The summed E-state index contributed by atoms with van der Waals surface area (Å²) in [7, 11) is 1.93. The van der Waals surface area contributed by atoms with Gasteiger partial charge in [0.1, 0.15) is 5.76 Å².